The van der Waals surface area contributed by atoms with Crippen LogP contribution in [0.3, 0.4) is 0 Å². The fraction of sp³-hybridized carbons (Fsp3) is 0.500. The van der Waals surface area contributed by atoms with Crippen LogP contribution < -0.4 is 0 Å². The highest BCUT2D eigenvalue weighted by molar-refractivity contribution is 7.38. The number of benzene rings is 1. The Kier molecular flexibility index (Phi) is 9.78. The maximum absolute atomic E-state index is 13.6. The van der Waals surface area contributed by atoms with Gasteiger partial charge in [-0.15, -0.1) is 0 Å². The molecule has 0 spiro atoms. The van der Waals surface area contributed by atoms with Gasteiger partial charge in [-0.3, -0.25) is 4.84 Å². The number of carbonyl (C=O) groups excluding carboxylic acids is 1. The number of allylic oxidation sites excluding steroid dienone is 1. The average Bonchev–Trinajstić information content (AvgIpc) is 2.80. The molecule has 0 radical (unpaired) electrons. The summed E-state index contributed by atoms with van der Waals surface area (Å²) in [6, 6.07) is 4.42. The van der Waals surface area contributed by atoms with Crippen molar-refractivity contribution in [2.75, 3.05) is 47.8 Å². The fourth-order valence-corrected chi connectivity index (χ4v) is 4.40. The normalized spacial score (nSPS) is 20.2. The van der Waals surface area contributed by atoms with Gasteiger partial charge in [0.15, 0.2) is 12.2 Å². The lowest BCUT2D eigenvalue weighted by Gasteiger charge is -2.37. The molecule has 0 saturated heterocycles. The summed E-state index contributed by atoms with van der Waals surface area (Å²) in [7, 11) is 3.72. The summed E-state index contributed by atoms with van der Waals surface area (Å²) in [5.74, 6) is -0.860. The molecule has 0 bridgehead atoms. The third kappa shape index (κ3) is 5.50. The van der Waals surface area contributed by atoms with Crippen LogP contribution >= 0.6 is 8.43 Å². The largest absolute Gasteiger partial charge is 0.465 e. The van der Waals surface area contributed by atoms with Crippen molar-refractivity contribution in [1.82, 2.24) is 0 Å². The monoisotopic (exact) mass is 506 g/mol. The molecule has 1 unspecified atom stereocenters. The number of nitrogens with zero attached hydrogens (tertiary/aromatic N) is 1. The number of ether oxygens (including phenoxy) is 4. The predicted molar refractivity (Wildman–Crippen MR) is 119 cm³/mol. The van der Waals surface area contributed by atoms with Crippen LogP contribution in [0.4, 0.5) is 13.2 Å². The van der Waals surface area contributed by atoms with Crippen molar-refractivity contribution in [3.05, 3.63) is 46.7 Å². The zero-order valence-electron chi connectivity index (χ0n) is 19.6. The molecule has 0 aliphatic carbocycles. The molecule has 0 amide bonds. The highest BCUT2D eigenvalue weighted by atomic mass is 31.1. The SMILES string of the molecule is COCCO[N+]1=C(C)C(=PO)C(OCCOC)(c2cccc(C(F)(F)F)c2)C(C(=O)OC)=C1C. The first kappa shape index (κ1) is 27.9. The van der Waals surface area contributed by atoms with Crippen LogP contribution in [0.25, 0.3) is 0 Å². The molecule has 1 aromatic rings. The van der Waals surface area contributed by atoms with Crippen molar-refractivity contribution in [2.45, 2.75) is 25.6 Å². The van der Waals surface area contributed by atoms with E-state index < -0.39 is 23.3 Å². The average molecular weight is 506 g/mol. The van der Waals surface area contributed by atoms with Gasteiger partial charge in [0.1, 0.15) is 10.9 Å². The van der Waals surface area contributed by atoms with E-state index >= 15 is 0 Å². The quantitative estimate of drug-likeness (QED) is 0.226. The molecule has 1 N–H and O–H groups in total. The minimum Gasteiger partial charge on any atom is -0.465 e. The van der Waals surface area contributed by atoms with Crippen LogP contribution in [0.2, 0.25) is 0 Å². The second-order valence-electron chi connectivity index (χ2n) is 7.21. The highest BCUT2D eigenvalue weighted by Gasteiger charge is 2.56. The number of hydrogen-bond acceptors (Lipinski definition) is 7. The van der Waals surface area contributed by atoms with Crippen LogP contribution in [0.5, 0.6) is 0 Å². The maximum Gasteiger partial charge on any atom is 0.416 e. The Morgan fingerprint density at radius 3 is 2.29 bits per heavy atom. The Hall–Kier alpha value is -2.30. The number of hydrogen-bond donors (Lipinski definition) is 1. The molecular formula is C22H28F3NO7P+. The molecule has 1 aliphatic rings. The van der Waals surface area contributed by atoms with E-state index in [0.717, 1.165) is 19.2 Å². The first-order chi connectivity index (χ1) is 16.1. The number of halogens is 3. The number of alkyl halides is 3. The fourth-order valence-electron chi connectivity index (χ4n) is 3.72. The number of esters is 1. The molecule has 2 rings (SSSR count). The third-order valence-corrected chi connectivity index (χ3v) is 6.04. The van der Waals surface area contributed by atoms with Crippen molar-refractivity contribution >= 4 is 25.4 Å². The van der Waals surface area contributed by atoms with Gasteiger partial charge < -0.3 is 23.8 Å². The van der Waals surface area contributed by atoms with Crippen molar-refractivity contribution in [1.29, 1.82) is 0 Å². The Labute approximate surface area is 197 Å². The minimum atomic E-state index is -4.65. The first-order valence-corrected chi connectivity index (χ1v) is 11.0. The summed E-state index contributed by atoms with van der Waals surface area (Å²) in [5.41, 5.74) is -2.43. The smallest absolute Gasteiger partial charge is 0.416 e. The van der Waals surface area contributed by atoms with Gasteiger partial charge in [0.25, 0.3) is 0 Å². The molecule has 188 valence electrons. The lowest BCUT2D eigenvalue weighted by Crippen LogP contribution is -2.52. The molecule has 0 fully saturated rings. The zero-order chi connectivity index (χ0) is 25.5. The molecule has 1 heterocycles. The second-order valence-corrected chi connectivity index (χ2v) is 7.85. The van der Waals surface area contributed by atoms with Gasteiger partial charge in [-0.05, 0) is 17.7 Å². The topological polar surface area (TPSA) is 86.5 Å². The zero-order valence-corrected chi connectivity index (χ0v) is 20.5. The second kappa shape index (κ2) is 11.9. The Morgan fingerprint density at radius 2 is 1.74 bits per heavy atom. The van der Waals surface area contributed by atoms with E-state index in [9.17, 15) is 22.9 Å². The van der Waals surface area contributed by atoms with Crippen LogP contribution in [-0.4, -0.2) is 74.4 Å². The summed E-state index contributed by atoms with van der Waals surface area (Å²) in [6.45, 7) is 3.48. The lowest BCUT2D eigenvalue weighted by atomic mass is 9.78. The molecule has 34 heavy (non-hydrogen) atoms. The van der Waals surface area contributed by atoms with E-state index in [1.165, 1.54) is 31.1 Å². The molecule has 1 aromatic carbocycles. The summed E-state index contributed by atoms with van der Waals surface area (Å²) < 4.78 is 63.3. The standard InChI is InChI=1S/C22H27F3NO7P/c1-14-18(20(27)31-5)21(32-11-9-29-3,16-7-6-8-17(13-16)22(23,24)25)19(34-28)15(2)26(14)33-12-10-30-4/h6-8,13H,9-12H2,1-5H3/p+1. The molecular weight excluding hydrogens is 478 g/mol. The summed E-state index contributed by atoms with van der Waals surface area (Å²) in [5, 5.41) is 0.0892. The van der Waals surface area contributed by atoms with Crippen molar-refractivity contribution in [3.63, 3.8) is 0 Å². The van der Waals surface area contributed by atoms with Gasteiger partial charge in [0.05, 0.1) is 40.9 Å². The Morgan fingerprint density at radius 1 is 1.09 bits per heavy atom. The van der Waals surface area contributed by atoms with Crippen molar-refractivity contribution < 1.29 is 51.4 Å². The van der Waals surface area contributed by atoms with Gasteiger partial charge in [0.2, 0.25) is 11.4 Å². The molecule has 1 aliphatic heterocycles. The number of hydroxylamine groups is 1. The van der Waals surface area contributed by atoms with Crippen LogP contribution in [0.1, 0.15) is 25.0 Å². The first-order valence-electron chi connectivity index (χ1n) is 10.2. The van der Waals surface area contributed by atoms with Gasteiger partial charge in [0, 0.05) is 32.8 Å². The van der Waals surface area contributed by atoms with E-state index in [2.05, 4.69) is 0 Å². The molecule has 1 atom stereocenters. The highest BCUT2D eigenvalue weighted by Crippen LogP contribution is 2.44. The van der Waals surface area contributed by atoms with E-state index in [-0.39, 0.29) is 57.0 Å². The Balaban J connectivity index is 2.90. The van der Waals surface area contributed by atoms with Gasteiger partial charge >= 0.3 is 12.1 Å². The molecule has 0 saturated carbocycles. The number of methoxy groups -OCH3 is 3. The van der Waals surface area contributed by atoms with Gasteiger partial charge in [-0.1, -0.05) is 12.1 Å². The summed E-state index contributed by atoms with van der Waals surface area (Å²) in [6.07, 6.45) is -4.65. The van der Waals surface area contributed by atoms with E-state index in [0.29, 0.717) is 5.71 Å². The lowest BCUT2D eigenvalue weighted by molar-refractivity contribution is -0.754. The molecule has 8 nitrogen and oxygen atoms in total. The maximum atomic E-state index is 13.6. The minimum absolute atomic E-state index is 0.00869. The summed E-state index contributed by atoms with van der Waals surface area (Å²) >= 11 is 0. The molecule has 0 aromatic heterocycles. The van der Waals surface area contributed by atoms with Crippen LogP contribution in [0, 0.1) is 0 Å². The van der Waals surface area contributed by atoms with Crippen molar-refractivity contribution in [3.8, 4) is 0 Å². The summed E-state index contributed by atoms with van der Waals surface area (Å²) in [4.78, 5) is 29.2. The van der Waals surface area contributed by atoms with E-state index in [1.54, 1.807) is 13.8 Å². The van der Waals surface area contributed by atoms with Gasteiger partial charge in [-0.25, -0.2) is 4.79 Å². The van der Waals surface area contributed by atoms with E-state index in [4.69, 9.17) is 23.8 Å². The van der Waals surface area contributed by atoms with Crippen molar-refractivity contribution in [2.24, 2.45) is 0 Å². The molecule has 12 heteroatoms. The Bertz CT molecular complexity index is 991. The van der Waals surface area contributed by atoms with Crippen LogP contribution in [-0.2, 0) is 40.4 Å². The third-order valence-electron chi connectivity index (χ3n) is 5.20. The van der Waals surface area contributed by atoms with Gasteiger partial charge in [-0.2, -0.15) is 13.2 Å². The number of carbonyl (C=O) groups is 1. The van der Waals surface area contributed by atoms with Crippen LogP contribution in [0.15, 0.2) is 35.5 Å². The van der Waals surface area contributed by atoms with E-state index in [1.807, 2.05) is 0 Å². The number of rotatable bonds is 10. The predicted octanol–water partition coefficient (Wildman–Crippen LogP) is 3.10.